The molecule has 2 N–H and O–H groups in total. The van der Waals surface area contributed by atoms with Gasteiger partial charge in [0.05, 0.1) is 0 Å². The summed E-state index contributed by atoms with van der Waals surface area (Å²) in [6, 6.07) is 16.8. The number of halogens is 1. The summed E-state index contributed by atoms with van der Waals surface area (Å²) in [5.41, 5.74) is 3.77. The Morgan fingerprint density at radius 2 is 1.86 bits per heavy atom. The second-order valence-corrected chi connectivity index (χ2v) is 5.69. The molecule has 1 aromatic heterocycles. The molecule has 2 nitrogen and oxygen atoms in total. The first-order valence-corrected chi connectivity index (χ1v) is 7.69. The van der Waals surface area contributed by atoms with Crippen molar-refractivity contribution in [3.63, 3.8) is 0 Å². The molecule has 0 fully saturated rings. The number of hydrogen-bond donors (Lipinski definition) is 2. The van der Waals surface area contributed by atoms with Crippen LogP contribution in [0.5, 0.6) is 0 Å². The zero-order chi connectivity index (χ0) is 14.7. The summed E-state index contributed by atoms with van der Waals surface area (Å²) in [7, 11) is 0. The summed E-state index contributed by atoms with van der Waals surface area (Å²) in [6.07, 6.45) is 3.14. The molecule has 0 saturated carbocycles. The third-order valence-electron chi connectivity index (χ3n) is 3.89. The van der Waals surface area contributed by atoms with Gasteiger partial charge in [0.2, 0.25) is 0 Å². The molecular formula is C18H19ClN2. The zero-order valence-electron chi connectivity index (χ0n) is 12.1. The number of para-hydroxylation sites is 1. The zero-order valence-corrected chi connectivity index (χ0v) is 12.8. The van der Waals surface area contributed by atoms with Gasteiger partial charge in [0.25, 0.3) is 0 Å². The molecule has 108 valence electrons. The Hall–Kier alpha value is -1.77. The number of rotatable bonds is 5. The highest BCUT2D eigenvalue weighted by atomic mass is 35.5. The number of aromatic amines is 1. The van der Waals surface area contributed by atoms with E-state index in [0.717, 1.165) is 18.0 Å². The van der Waals surface area contributed by atoms with E-state index in [1.54, 1.807) is 0 Å². The summed E-state index contributed by atoms with van der Waals surface area (Å²) in [4.78, 5) is 3.32. The number of hydrogen-bond acceptors (Lipinski definition) is 1. The lowest BCUT2D eigenvalue weighted by Crippen LogP contribution is -2.20. The summed E-state index contributed by atoms with van der Waals surface area (Å²) in [6.45, 7) is 3.05. The topological polar surface area (TPSA) is 27.8 Å². The first-order chi connectivity index (χ1) is 10.3. The van der Waals surface area contributed by atoms with Crippen molar-refractivity contribution in [2.24, 2.45) is 0 Å². The Morgan fingerprint density at radius 3 is 2.62 bits per heavy atom. The van der Waals surface area contributed by atoms with Crippen LogP contribution in [0, 0.1) is 0 Å². The fraction of sp³-hybridized carbons (Fsp3) is 0.222. The summed E-state index contributed by atoms with van der Waals surface area (Å²) >= 11 is 5.96. The molecule has 1 atom stereocenters. The Bertz CT molecular complexity index is 715. The van der Waals surface area contributed by atoms with Crippen molar-refractivity contribution >= 4 is 22.5 Å². The van der Waals surface area contributed by atoms with Gasteiger partial charge in [-0.25, -0.2) is 0 Å². The summed E-state index contributed by atoms with van der Waals surface area (Å²) in [5.74, 6) is 0. The molecule has 3 aromatic rings. The maximum Gasteiger partial charge on any atom is 0.0457 e. The number of nitrogens with one attached hydrogen (secondary N) is 2. The standard InChI is InChI=1S/C18H19ClN2/c1-2-17(13-7-9-15(19)10-8-13)20-11-14-12-21-18-6-4-3-5-16(14)18/h3-10,12,17,20-21H,2,11H2,1H3. The number of aromatic nitrogens is 1. The molecule has 3 rings (SSSR count). The van der Waals surface area contributed by atoms with Crippen molar-refractivity contribution in [2.45, 2.75) is 25.9 Å². The molecule has 21 heavy (non-hydrogen) atoms. The van der Waals surface area contributed by atoms with E-state index < -0.39 is 0 Å². The molecule has 0 aliphatic rings. The highest BCUT2D eigenvalue weighted by Crippen LogP contribution is 2.22. The molecule has 3 heteroatoms. The van der Waals surface area contributed by atoms with Crippen LogP contribution in [0.1, 0.15) is 30.5 Å². The van der Waals surface area contributed by atoms with E-state index in [1.807, 2.05) is 12.1 Å². The van der Waals surface area contributed by atoms with Gasteiger partial charge in [-0.2, -0.15) is 0 Å². The SMILES string of the molecule is CCC(NCc1c[nH]c2ccccc12)c1ccc(Cl)cc1. The maximum absolute atomic E-state index is 5.96. The van der Waals surface area contributed by atoms with E-state index in [9.17, 15) is 0 Å². The van der Waals surface area contributed by atoms with E-state index in [2.05, 4.69) is 59.8 Å². The van der Waals surface area contributed by atoms with Crippen molar-refractivity contribution in [1.29, 1.82) is 0 Å². The quantitative estimate of drug-likeness (QED) is 0.677. The van der Waals surface area contributed by atoms with E-state index in [1.165, 1.54) is 22.0 Å². The average Bonchev–Trinajstić information content (AvgIpc) is 2.93. The van der Waals surface area contributed by atoms with Gasteiger partial charge in [-0.3, -0.25) is 0 Å². The fourth-order valence-corrected chi connectivity index (χ4v) is 2.83. The molecule has 0 spiro atoms. The van der Waals surface area contributed by atoms with E-state index in [0.29, 0.717) is 6.04 Å². The maximum atomic E-state index is 5.96. The molecule has 0 saturated heterocycles. The second kappa shape index (κ2) is 6.33. The molecule has 0 bridgehead atoms. The molecule has 0 aliphatic carbocycles. The van der Waals surface area contributed by atoms with Crippen LogP contribution in [-0.4, -0.2) is 4.98 Å². The molecule has 2 aromatic carbocycles. The lowest BCUT2D eigenvalue weighted by Gasteiger charge is -2.17. The lowest BCUT2D eigenvalue weighted by atomic mass is 10.0. The monoisotopic (exact) mass is 298 g/mol. The van der Waals surface area contributed by atoms with Gasteiger partial charge in [0.15, 0.2) is 0 Å². The van der Waals surface area contributed by atoms with Crippen molar-refractivity contribution in [3.8, 4) is 0 Å². The number of benzene rings is 2. The first kappa shape index (κ1) is 14.2. The predicted molar refractivity (Wildman–Crippen MR) is 89.6 cm³/mol. The minimum atomic E-state index is 0.343. The van der Waals surface area contributed by atoms with Crippen molar-refractivity contribution in [3.05, 3.63) is 70.9 Å². The van der Waals surface area contributed by atoms with E-state index >= 15 is 0 Å². The Labute approximate surface area is 130 Å². The smallest absolute Gasteiger partial charge is 0.0457 e. The normalized spacial score (nSPS) is 12.7. The largest absolute Gasteiger partial charge is 0.361 e. The van der Waals surface area contributed by atoms with Crippen molar-refractivity contribution < 1.29 is 0 Å². The highest BCUT2D eigenvalue weighted by molar-refractivity contribution is 6.30. The Kier molecular flexibility index (Phi) is 4.28. The highest BCUT2D eigenvalue weighted by Gasteiger charge is 2.10. The Morgan fingerprint density at radius 1 is 1.10 bits per heavy atom. The van der Waals surface area contributed by atoms with E-state index in [4.69, 9.17) is 11.6 Å². The minimum Gasteiger partial charge on any atom is -0.361 e. The molecular weight excluding hydrogens is 280 g/mol. The van der Waals surface area contributed by atoms with Gasteiger partial charge < -0.3 is 10.3 Å². The Balaban J connectivity index is 1.74. The van der Waals surface area contributed by atoms with Crippen molar-refractivity contribution in [1.82, 2.24) is 10.3 Å². The first-order valence-electron chi connectivity index (χ1n) is 7.31. The fourth-order valence-electron chi connectivity index (χ4n) is 2.70. The minimum absolute atomic E-state index is 0.343. The third-order valence-corrected chi connectivity index (χ3v) is 4.15. The number of fused-ring (bicyclic) bond motifs is 1. The third kappa shape index (κ3) is 3.12. The van der Waals surface area contributed by atoms with Crippen LogP contribution >= 0.6 is 11.6 Å². The van der Waals surface area contributed by atoms with Gasteiger partial charge in [0.1, 0.15) is 0 Å². The molecule has 0 amide bonds. The molecule has 1 heterocycles. The summed E-state index contributed by atoms with van der Waals surface area (Å²) < 4.78 is 0. The van der Waals surface area contributed by atoms with E-state index in [-0.39, 0.29) is 0 Å². The van der Waals surface area contributed by atoms with Crippen LogP contribution in [0.25, 0.3) is 10.9 Å². The van der Waals surface area contributed by atoms with Gasteiger partial charge in [-0.15, -0.1) is 0 Å². The molecule has 0 radical (unpaired) electrons. The van der Waals surface area contributed by atoms with Gasteiger partial charge >= 0.3 is 0 Å². The molecule has 1 unspecified atom stereocenters. The average molecular weight is 299 g/mol. The molecule has 0 aliphatic heterocycles. The van der Waals surface area contributed by atoms with Gasteiger partial charge in [-0.05, 0) is 35.7 Å². The predicted octanol–water partition coefficient (Wildman–Crippen LogP) is 5.06. The van der Waals surface area contributed by atoms with Gasteiger partial charge in [0, 0.05) is 34.7 Å². The van der Waals surface area contributed by atoms with Crippen LogP contribution in [0.15, 0.2) is 54.7 Å². The van der Waals surface area contributed by atoms with Crippen molar-refractivity contribution in [2.75, 3.05) is 0 Å². The number of H-pyrrole nitrogens is 1. The van der Waals surface area contributed by atoms with Crippen LogP contribution in [0.4, 0.5) is 0 Å². The second-order valence-electron chi connectivity index (χ2n) is 5.25. The van der Waals surface area contributed by atoms with Gasteiger partial charge in [-0.1, -0.05) is 48.9 Å². The van der Waals surface area contributed by atoms with Crippen LogP contribution < -0.4 is 5.32 Å². The van der Waals surface area contributed by atoms with Crippen LogP contribution in [0.2, 0.25) is 5.02 Å². The summed E-state index contributed by atoms with van der Waals surface area (Å²) in [5, 5.41) is 5.71. The van der Waals surface area contributed by atoms with Crippen LogP contribution in [0.3, 0.4) is 0 Å². The lowest BCUT2D eigenvalue weighted by molar-refractivity contribution is 0.520. The van der Waals surface area contributed by atoms with Crippen LogP contribution in [-0.2, 0) is 6.54 Å².